The number of carbonyl (C=O) groups excluding carboxylic acids is 1. The first kappa shape index (κ1) is 23.1. The van der Waals surface area contributed by atoms with Gasteiger partial charge < -0.3 is 5.32 Å². The fraction of sp³-hybridized carbons (Fsp3) is 0.821. The standard InChI is InChI=1S/C28H42N4O/c1-17(2)31-25-12-24(26(33)16-32-15-19(13-29)14-30-32)28(4)10-9-22-21-7-5-18(3)11-20(21)6-8-23(22)27(25)28/h14-15,17-18,20-25,27,31H,5-12,16H2,1-4H3. The van der Waals surface area contributed by atoms with Crippen LogP contribution in [-0.2, 0) is 11.3 Å². The predicted molar refractivity (Wildman–Crippen MR) is 129 cm³/mol. The van der Waals surface area contributed by atoms with Crippen LogP contribution in [0.1, 0.15) is 84.6 Å². The molecule has 1 aromatic heterocycles. The molecule has 1 aromatic rings. The minimum Gasteiger partial charge on any atom is -0.311 e. The Morgan fingerprint density at radius 3 is 2.73 bits per heavy atom. The zero-order valence-electron chi connectivity index (χ0n) is 21.0. The summed E-state index contributed by atoms with van der Waals surface area (Å²) in [4.78, 5) is 13.7. The molecule has 1 heterocycles. The van der Waals surface area contributed by atoms with Gasteiger partial charge in [0.2, 0.25) is 0 Å². The van der Waals surface area contributed by atoms with E-state index in [1.807, 2.05) is 0 Å². The zero-order chi connectivity index (χ0) is 23.3. The zero-order valence-corrected chi connectivity index (χ0v) is 21.0. The molecule has 4 aliphatic rings. The first-order chi connectivity index (χ1) is 15.8. The van der Waals surface area contributed by atoms with Crippen molar-refractivity contribution in [3.63, 3.8) is 0 Å². The van der Waals surface area contributed by atoms with E-state index in [4.69, 9.17) is 5.26 Å². The minimum absolute atomic E-state index is 0.0742. The van der Waals surface area contributed by atoms with E-state index in [1.165, 1.54) is 44.9 Å². The van der Waals surface area contributed by atoms with Gasteiger partial charge in [-0.05, 0) is 85.9 Å². The molecule has 0 amide bonds. The lowest BCUT2D eigenvalue weighted by Crippen LogP contribution is -2.53. The summed E-state index contributed by atoms with van der Waals surface area (Å²) < 4.78 is 1.67. The Balaban J connectivity index is 1.40. The molecule has 4 saturated carbocycles. The highest BCUT2D eigenvalue weighted by molar-refractivity contribution is 5.82. The van der Waals surface area contributed by atoms with Crippen LogP contribution >= 0.6 is 0 Å². The maximum atomic E-state index is 13.7. The second-order valence-corrected chi connectivity index (χ2v) is 12.5. The van der Waals surface area contributed by atoms with E-state index in [9.17, 15) is 4.79 Å². The molecule has 0 radical (unpaired) electrons. The summed E-state index contributed by atoms with van der Waals surface area (Å²) in [6.07, 6.45) is 13.8. The monoisotopic (exact) mass is 450 g/mol. The molecule has 180 valence electrons. The molecule has 4 aliphatic carbocycles. The summed E-state index contributed by atoms with van der Waals surface area (Å²) in [5, 5.41) is 17.3. The van der Waals surface area contributed by atoms with Crippen molar-refractivity contribution in [2.24, 2.45) is 46.8 Å². The van der Waals surface area contributed by atoms with Gasteiger partial charge in [0, 0.05) is 24.2 Å². The van der Waals surface area contributed by atoms with Crippen LogP contribution in [0.5, 0.6) is 0 Å². The number of fused-ring (bicyclic) bond motifs is 5. The number of rotatable bonds is 5. The molecular weight excluding hydrogens is 408 g/mol. The Bertz CT molecular complexity index is 915. The number of Topliss-reactive ketones (excluding diaryl/α,β-unsaturated/α-hetero) is 1. The van der Waals surface area contributed by atoms with Gasteiger partial charge >= 0.3 is 0 Å². The van der Waals surface area contributed by atoms with E-state index in [2.05, 4.69) is 44.2 Å². The van der Waals surface area contributed by atoms with Crippen molar-refractivity contribution in [3.05, 3.63) is 18.0 Å². The van der Waals surface area contributed by atoms with Crippen LogP contribution in [-0.4, -0.2) is 27.6 Å². The average molecular weight is 451 g/mol. The van der Waals surface area contributed by atoms with Gasteiger partial charge in [-0.15, -0.1) is 0 Å². The fourth-order valence-corrected chi connectivity index (χ4v) is 9.07. The highest BCUT2D eigenvalue weighted by atomic mass is 16.1. The molecule has 9 unspecified atom stereocenters. The summed E-state index contributed by atoms with van der Waals surface area (Å²) >= 11 is 0. The second-order valence-electron chi connectivity index (χ2n) is 12.5. The summed E-state index contributed by atoms with van der Waals surface area (Å²) in [6.45, 7) is 9.69. The number of nitrogens with one attached hydrogen (secondary N) is 1. The highest BCUT2D eigenvalue weighted by Crippen LogP contribution is 2.64. The van der Waals surface area contributed by atoms with Crippen molar-refractivity contribution >= 4 is 5.78 Å². The normalized spacial score (nSPS) is 42.3. The number of nitriles is 1. The van der Waals surface area contributed by atoms with E-state index in [1.54, 1.807) is 17.1 Å². The first-order valence-corrected chi connectivity index (χ1v) is 13.5. The molecule has 0 saturated heterocycles. The van der Waals surface area contributed by atoms with Gasteiger partial charge in [0.25, 0.3) is 0 Å². The Kier molecular flexibility index (Phi) is 6.18. The molecule has 0 bridgehead atoms. The van der Waals surface area contributed by atoms with Crippen LogP contribution < -0.4 is 5.32 Å². The number of hydrogen-bond acceptors (Lipinski definition) is 4. The van der Waals surface area contributed by atoms with Crippen molar-refractivity contribution in [1.82, 2.24) is 15.1 Å². The van der Waals surface area contributed by atoms with Crippen molar-refractivity contribution in [2.45, 2.75) is 97.7 Å². The Morgan fingerprint density at radius 1 is 1.21 bits per heavy atom. The van der Waals surface area contributed by atoms with Gasteiger partial charge in [-0.3, -0.25) is 9.48 Å². The van der Waals surface area contributed by atoms with Crippen molar-refractivity contribution in [2.75, 3.05) is 0 Å². The Labute approximate surface area is 199 Å². The van der Waals surface area contributed by atoms with Gasteiger partial charge in [-0.25, -0.2) is 0 Å². The van der Waals surface area contributed by atoms with E-state index in [0.717, 1.165) is 36.0 Å². The summed E-state index contributed by atoms with van der Waals surface area (Å²) in [7, 11) is 0. The fourth-order valence-electron chi connectivity index (χ4n) is 9.07. The lowest BCUT2D eigenvalue weighted by molar-refractivity contribution is -0.131. The molecule has 1 N–H and O–H groups in total. The smallest absolute Gasteiger partial charge is 0.157 e. The summed E-state index contributed by atoms with van der Waals surface area (Å²) in [5.41, 5.74) is 0.599. The lowest BCUT2D eigenvalue weighted by atomic mass is 9.48. The maximum absolute atomic E-state index is 13.7. The molecule has 33 heavy (non-hydrogen) atoms. The van der Waals surface area contributed by atoms with Crippen molar-refractivity contribution in [3.8, 4) is 6.07 Å². The number of nitrogens with zero attached hydrogens (tertiary/aromatic N) is 3. The van der Waals surface area contributed by atoms with Gasteiger partial charge in [-0.1, -0.05) is 34.1 Å². The summed E-state index contributed by atoms with van der Waals surface area (Å²) in [6, 6.07) is 2.99. The Hall–Kier alpha value is -1.67. The van der Waals surface area contributed by atoms with E-state index >= 15 is 0 Å². The maximum Gasteiger partial charge on any atom is 0.157 e. The van der Waals surface area contributed by atoms with Crippen LogP contribution in [0.4, 0.5) is 0 Å². The molecule has 0 spiro atoms. The third-order valence-electron chi connectivity index (χ3n) is 10.2. The summed E-state index contributed by atoms with van der Waals surface area (Å²) in [5.74, 6) is 5.40. The van der Waals surface area contributed by atoms with Crippen LogP contribution in [0.3, 0.4) is 0 Å². The van der Waals surface area contributed by atoms with Crippen LogP contribution in [0.2, 0.25) is 0 Å². The van der Waals surface area contributed by atoms with E-state index in [-0.39, 0.29) is 11.3 Å². The molecule has 0 aliphatic heterocycles. The van der Waals surface area contributed by atoms with E-state index < -0.39 is 0 Å². The van der Waals surface area contributed by atoms with E-state index in [0.29, 0.717) is 35.9 Å². The third kappa shape index (κ3) is 4.07. The quantitative estimate of drug-likeness (QED) is 0.669. The molecule has 4 fully saturated rings. The number of ketones is 1. The molecular formula is C28H42N4O. The van der Waals surface area contributed by atoms with Gasteiger partial charge in [0.15, 0.2) is 5.78 Å². The highest BCUT2D eigenvalue weighted by Gasteiger charge is 2.61. The van der Waals surface area contributed by atoms with Crippen molar-refractivity contribution < 1.29 is 4.79 Å². The SMILES string of the molecule is CC1CCC2C(CCC3C2CCC2(C)C(C(=O)Cn4cc(C#N)cn4)CC(NC(C)C)C32)C1. The number of carbonyl (C=O) groups is 1. The number of aromatic nitrogens is 2. The van der Waals surface area contributed by atoms with Crippen LogP contribution in [0, 0.1) is 58.2 Å². The van der Waals surface area contributed by atoms with Gasteiger partial charge in [0.1, 0.15) is 6.07 Å². The Morgan fingerprint density at radius 2 is 2.00 bits per heavy atom. The average Bonchev–Trinajstić information content (AvgIpc) is 3.34. The minimum atomic E-state index is 0.0742. The van der Waals surface area contributed by atoms with Gasteiger partial charge in [-0.2, -0.15) is 10.4 Å². The first-order valence-electron chi connectivity index (χ1n) is 13.5. The second kappa shape index (κ2) is 8.84. The molecule has 5 heteroatoms. The molecule has 0 aromatic carbocycles. The predicted octanol–water partition coefficient (Wildman–Crippen LogP) is 5.21. The largest absolute Gasteiger partial charge is 0.311 e. The van der Waals surface area contributed by atoms with Crippen molar-refractivity contribution in [1.29, 1.82) is 5.26 Å². The molecule has 5 rings (SSSR count). The van der Waals surface area contributed by atoms with Crippen LogP contribution in [0.25, 0.3) is 0 Å². The topological polar surface area (TPSA) is 70.7 Å². The molecule has 5 nitrogen and oxygen atoms in total. The third-order valence-corrected chi connectivity index (χ3v) is 10.2. The molecule has 9 atom stereocenters. The van der Waals surface area contributed by atoms with Gasteiger partial charge in [0.05, 0.1) is 18.3 Å². The number of hydrogen-bond donors (Lipinski definition) is 1. The lowest BCUT2D eigenvalue weighted by Gasteiger charge is -2.57. The van der Waals surface area contributed by atoms with Crippen LogP contribution in [0.15, 0.2) is 12.4 Å².